The predicted molar refractivity (Wildman–Crippen MR) is 128 cm³/mol. The van der Waals surface area contributed by atoms with E-state index in [2.05, 4.69) is 20.6 Å². The zero-order valence-electron chi connectivity index (χ0n) is 19.8. The van der Waals surface area contributed by atoms with Crippen LogP contribution in [0.2, 0.25) is 0 Å². The molecule has 0 saturated carbocycles. The van der Waals surface area contributed by atoms with E-state index in [0.29, 0.717) is 62.9 Å². The predicted octanol–water partition coefficient (Wildman–Crippen LogP) is 1.39. The Balaban J connectivity index is 1.34. The van der Waals surface area contributed by atoms with Gasteiger partial charge in [-0.1, -0.05) is 0 Å². The summed E-state index contributed by atoms with van der Waals surface area (Å²) in [5.41, 5.74) is 0.0712. The van der Waals surface area contributed by atoms with Crippen LogP contribution in [0.15, 0.2) is 23.0 Å². The van der Waals surface area contributed by atoms with Gasteiger partial charge in [-0.2, -0.15) is 4.98 Å². The first-order chi connectivity index (χ1) is 17.4. The van der Waals surface area contributed by atoms with Crippen LogP contribution < -0.4 is 30.6 Å². The van der Waals surface area contributed by atoms with Gasteiger partial charge in [0.05, 0.1) is 24.0 Å². The molecule has 1 aromatic heterocycles. The molecule has 2 amide bonds. The van der Waals surface area contributed by atoms with Crippen molar-refractivity contribution in [2.45, 2.75) is 32.1 Å². The van der Waals surface area contributed by atoms with E-state index < -0.39 is 23.3 Å². The van der Waals surface area contributed by atoms with Crippen molar-refractivity contribution in [3.63, 3.8) is 0 Å². The Morgan fingerprint density at radius 2 is 1.92 bits per heavy atom. The molecule has 3 aliphatic heterocycles. The van der Waals surface area contributed by atoms with Crippen molar-refractivity contribution in [1.82, 2.24) is 9.97 Å². The van der Waals surface area contributed by atoms with Gasteiger partial charge in [-0.3, -0.25) is 24.2 Å². The van der Waals surface area contributed by atoms with Crippen molar-refractivity contribution in [2.75, 3.05) is 48.4 Å². The molecular weight excluding hydrogens is 470 g/mol. The van der Waals surface area contributed by atoms with Crippen LogP contribution in [0.25, 0.3) is 0 Å². The second-order valence-electron chi connectivity index (χ2n) is 8.82. The first-order valence-corrected chi connectivity index (χ1v) is 12.0. The maximum Gasteiger partial charge on any atom is 0.309 e. The number of hydrogen-bond acceptors (Lipinski definition) is 9. The Morgan fingerprint density at radius 1 is 1.17 bits per heavy atom. The number of aromatic amines is 1. The number of piperidine rings is 1. The lowest BCUT2D eigenvalue weighted by Gasteiger charge is -2.32. The van der Waals surface area contributed by atoms with E-state index in [0.717, 1.165) is 0 Å². The number of H-pyrrole nitrogens is 1. The first kappa shape index (κ1) is 23.6. The Morgan fingerprint density at radius 3 is 2.67 bits per heavy atom. The summed E-state index contributed by atoms with van der Waals surface area (Å²) < 4.78 is 16.1. The van der Waals surface area contributed by atoms with Crippen LogP contribution in [0.5, 0.6) is 11.5 Å². The van der Waals surface area contributed by atoms with Gasteiger partial charge in [0.25, 0.3) is 5.56 Å². The van der Waals surface area contributed by atoms with E-state index in [1.165, 1.54) is 0 Å². The highest BCUT2D eigenvalue weighted by atomic mass is 16.6. The normalized spacial score (nSPS) is 19.2. The van der Waals surface area contributed by atoms with Crippen LogP contribution in [0, 0.1) is 5.92 Å². The minimum atomic E-state index is -1.01. The minimum absolute atomic E-state index is 0.0693. The third-order valence-electron chi connectivity index (χ3n) is 6.48. The highest BCUT2D eigenvalue weighted by Crippen LogP contribution is 2.34. The van der Waals surface area contributed by atoms with E-state index in [1.54, 1.807) is 25.1 Å². The fourth-order valence-corrected chi connectivity index (χ4v) is 4.67. The van der Waals surface area contributed by atoms with E-state index in [9.17, 15) is 19.2 Å². The van der Waals surface area contributed by atoms with Crippen molar-refractivity contribution < 1.29 is 28.6 Å². The van der Waals surface area contributed by atoms with Crippen LogP contribution in [0.4, 0.5) is 17.5 Å². The molecule has 12 heteroatoms. The molecule has 1 aromatic carbocycles. The molecule has 0 aliphatic carbocycles. The number of esters is 1. The highest BCUT2D eigenvalue weighted by molar-refractivity contribution is 6.04. The van der Waals surface area contributed by atoms with Gasteiger partial charge in [-0.25, -0.2) is 0 Å². The summed E-state index contributed by atoms with van der Waals surface area (Å²) >= 11 is 0. The molecule has 1 saturated heterocycles. The highest BCUT2D eigenvalue weighted by Gasteiger charge is 2.36. The molecule has 190 valence electrons. The topological polar surface area (TPSA) is 152 Å². The molecule has 1 fully saturated rings. The third-order valence-corrected chi connectivity index (χ3v) is 6.48. The Kier molecular flexibility index (Phi) is 6.49. The molecule has 3 N–H and O–H groups in total. The average molecular weight is 498 g/mol. The van der Waals surface area contributed by atoms with Gasteiger partial charge in [-0.05, 0) is 31.9 Å². The van der Waals surface area contributed by atoms with Crippen molar-refractivity contribution >= 4 is 35.2 Å². The maximum absolute atomic E-state index is 13.1. The number of aromatic nitrogens is 2. The summed E-state index contributed by atoms with van der Waals surface area (Å²) in [4.78, 5) is 59.7. The summed E-state index contributed by atoms with van der Waals surface area (Å²) in [5, 5.41) is 5.39. The molecule has 5 rings (SSSR count). The lowest BCUT2D eigenvalue weighted by Crippen LogP contribution is -2.41. The van der Waals surface area contributed by atoms with Crippen molar-refractivity contribution in [3.05, 3.63) is 34.1 Å². The Hall–Kier alpha value is -4.09. The molecule has 0 radical (unpaired) electrons. The lowest BCUT2D eigenvalue weighted by molar-refractivity contribution is -0.148. The molecule has 0 bridgehead atoms. The standard InChI is InChI=1S/C24H27N5O7/c1-2-34-23(33)13-5-7-29(8-6-13)24-27-20-19(22(32)28-24)15(12-18(30)26-20)21(31)25-14-3-4-16-17(11-14)36-10-9-35-16/h3-4,11,13,15H,2,5-10,12H2,1H3,(H,25,31)(H2,26,27,28,30,32). The molecule has 1 unspecified atom stereocenters. The minimum Gasteiger partial charge on any atom is -0.486 e. The molecule has 3 aliphatic rings. The van der Waals surface area contributed by atoms with E-state index in [4.69, 9.17) is 14.2 Å². The van der Waals surface area contributed by atoms with Gasteiger partial charge in [0, 0.05) is 31.3 Å². The number of benzene rings is 1. The number of amides is 2. The number of hydrogen-bond donors (Lipinski definition) is 3. The fraction of sp³-hybridized carbons (Fsp3) is 0.458. The quantitative estimate of drug-likeness (QED) is 0.520. The number of carbonyl (C=O) groups excluding carboxylic acids is 3. The number of nitrogens with zero attached hydrogens (tertiary/aromatic N) is 2. The largest absolute Gasteiger partial charge is 0.486 e. The second kappa shape index (κ2) is 9.88. The van der Waals surface area contributed by atoms with Gasteiger partial charge in [0.15, 0.2) is 11.5 Å². The Labute approximate surface area is 206 Å². The van der Waals surface area contributed by atoms with Crippen molar-refractivity contribution in [3.8, 4) is 11.5 Å². The number of anilines is 3. The zero-order chi connectivity index (χ0) is 25.2. The maximum atomic E-state index is 13.1. The molecular formula is C24H27N5O7. The van der Waals surface area contributed by atoms with Gasteiger partial charge >= 0.3 is 5.97 Å². The summed E-state index contributed by atoms with van der Waals surface area (Å²) in [6.45, 7) is 3.95. The van der Waals surface area contributed by atoms with E-state index in [-0.39, 0.29) is 35.6 Å². The number of carbonyl (C=O) groups is 3. The first-order valence-electron chi connectivity index (χ1n) is 12.0. The number of ether oxygens (including phenoxy) is 3. The molecule has 1 atom stereocenters. The molecule has 12 nitrogen and oxygen atoms in total. The zero-order valence-corrected chi connectivity index (χ0v) is 19.8. The SMILES string of the molecule is CCOC(=O)C1CCN(c2nc3c(c(=O)[nH]2)C(C(=O)Nc2ccc4c(c2)OCCO4)CC(=O)N3)CC1. The summed E-state index contributed by atoms with van der Waals surface area (Å²) in [6, 6.07) is 5.00. The van der Waals surface area contributed by atoms with Crippen LogP contribution in [0.3, 0.4) is 0 Å². The molecule has 36 heavy (non-hydrogen) atoms. The van der Waals surface area contributed by atoms with Gasteiger partial charge < -0.3 is 29.7 Å². The third kappa shape index (κ3) is 4.70. The number of fused-ring (bicyclic) bond motifs is 2. The fourth-order valence-electron chi connectivity index (χ4n) is 4.67. The van der Waals surface area contributed by atoms with Crippen molar-refractivity contribution in [1.29, 1.82) is 0 Å². The molecule has 0 spiro atoms. The van der Waals surface area contributed by atoms with Gasteiger partial charge in [0.2, 0.25) is 17.8 Å². The van der Waals surface area contributed by atoms with Crippen LogP contribution in [-0.4, -0.2) is 60.7 Å². The smallest absolute Gasteiger partial charge is 0.309 e. The number of rotatable bonds is 5. The average Bonchev–Trinajstić information content (AvgIpc) is 2.88. The summed E-state index contributed by atoms with van der Waals surface area (Å²) in [6.07, 6.45) is 0.942. The summed E-state index contributed by atoms with van der Waals surface area (Å²) in [5.74, 6) is -0.885. The summed E-state index contributed by atoms with van der Waals surface area (Å²) in [7, 11) is 0. The Bertz CT molecular complexity index is 1250. The molecule has 4 heterocycles. The van der Waals surface area contributed by atoms with E-state index >= 15 is 0 Å². The second-order valence-corrected chi connectivity index (χ2v) is 8.82. The lowest BCUT2D eigenvalue weighted by atomic mass is 9.92. The van der Waals surface area contributed by atoms with Crippen LogP contribution >= 0.6 is 0 Å². The molecule has 2 aromatic rings. The van der Waals surface area contributed by atoms with Crippen LogP contribution in [-0.2, 0) is 19.1 Å². The van der Waals surface area contributed by atoms with Gasteiger partial charge in [-0.15, -0.1) is 0 Å². The number of nitrogens with one attached hydrogen (secondary N) is 3. The van der Waals surface area contributed by atoms with E-state index in [1.807, 2.05) is 4.90 Å². The van der Waals surface area contributed by atoms with Crippen molar-refractivity contribution in [2.24, 2.45) is 5.92 Å². The monoisotopic (exact) mass is 497 g/mol. The van der Waals surface area contributed by atoms with Crippen LogP contribution in [0.1, 0.15) is 37.7 Å². The van der Waals surface area contributed by atoms with Gasteiger partial charge in [0.1, 0.15) is 19.0 Å².